The van der Waals surface area contributed by atoms with E-state index in [0.717, 1.165) is 0 Å². The maximum absolute atomic E-state index is 10.9. The summed E-state index contributed by atoms with van der Waals surface area (Å²) in [5.41, 5.74) is 0. The summed E-state index contributed by atoms with van der Waals surface area (Å²) in [6.45, 7) is 2.83. The van der Waals surface area contributed by atoms with Crippen LogP contribution < -0.4 is 0 Å². The van der Waals surface area contributed by atoms with Crippen LogP contribution >= 0.6 is 0 Å². The molecular formula is C9H16O7. The van der Waals surface area contributed by atoms with Gasteiger partial charge in [0.1, 0.15) is 6.61 Å². The molecule has 0 aliphatic rings. The fraction of sp³-hybridized carbons (Fsp3) is 0.778. The van der Waals surface area contributed by atoms with E-state index in [1.165, 1.54) is 0 Å². The quantitative estimate of drug-likeness (QED) is 0.678. The van der Waals surface area contributed by atoms with Gasteiger partial charge in [-0.1, -0.05) is 0 Å². The molecular weight excluding hydrogens is 220 g/mol. The van der Waals surface area contributed by atoms with Gasteiger partial charge in [-0.15, -0.1) is 0 Å². The van der Waals surface area contributed by atoms with Crippen molar-refractivity contribution in [2.45, 2.75) is 20.0 Å². The molecule has 94 valence electrons. The summed E-state index contributed by atoms with van der Waals surface area (Å²) in [6.07, 6.45) is -2.76. The molecule has 0 spiro atoms. The molecule has 0 radical (unpaired) electrons. The van der Waals surface area contributed by atoms with Crippen LogP contribution in [0.3, 0.4) is 0 Å². The Bertz CT molecular complexity index is 216. The first-order valence-electron chi connectivity index (χ1n) is 4.87. The second-order valence-electron chi connectivity index (χ2n) is 2.60. The smallest absolute Gasteiger partial charge is 0.435 e. The SMILES string of the molecule is CCOC(=O)OCC(CO)OC(=O)OCC. The third-order valence-electron chi connectivity index (χ3n) is 1.38. The molecule has 7 nitrogen and oxygen atoms in total. The Morgan fingerprint density at radius 2 is 1.62 bits per heavy atom. The molecule has 0 bridgehead atoms. The Hall–Kier alpha value is -1.50. The number of hydrogen-bond donors (Lipinski definition) is 1. The highest BCUT2D eigenvalue weighted by Gasteiger charge is 2.16. The Labute approximate surface area is 93.2 Å². The second kappa shape index (κ2) is 8.78. The number of aliphatic hydroxyl groups excluding tert-OH is 1. The lowest BCUT2D eigenvalue weighted by molar-refractivity contribution is -0.0324. The molecule has 1 N–H and O–H groups in total. The topological polar surface area (TPSA) is 91.3 Å². The summed E-state index contributed by atoms with van der Waals surface area (Å²) < 4.78 is 18.1. The summed E-state index contributed by atoms with van der Waals surface area (Å²) in [4.78, 5) is 21.6. The number of ether oxygens (including phenoxy) is 4. The molecule has 0 saturated heterocycles. The van der Waals surface area contributed by atoms with E-state index in [9.17, 15) is 9.59 Å². The third kappa shape index (κ3) is 6.88. The van der Waals surface area contributed by atoms with Gasteiger partial charge in [0, 0.05) is 0 Å². The van der Waals surface area contributed by atoms with Crippen LogP contribution in [0, 0.1) is 0 Å². The van der Waals surface area contributed by atoms with Crippen LogP contribution in [0.15, 0.2) is 0 Å². The molecule has 0 amide bonds. The van der Waals surface area contributed by atoms with E-state index in [1.807, 2.05) is 0 Å². The summed E-state index contributed by atoms with van der Waals surface area (Å²) in [5, 5.41) is 8.82. The maximum Gasteiger partial charge on any atom is 0.508 e. The Kier molecular flexibility index (Phi) is 7.96. The Morgan fingerprint density at radius 1 is 1.06 bits per heavy atom. The van der Waals surface area contributed by atoms with Gasteiger partial charge >= 0.3 is 12.3 Å². The van der Waals surface area contributed by atoms with E-state index in [1.54, 1.807) is 13.8 Å². The fourth-order valence-corrected chi connectivity index (χ4v) is 0.732. The number of carbonyl (C=O) groups is 2. The number of hydrogen-bond acceptors (Lipinski definition) is 7. The molecule has 0 saturated carbocycles. The molecule has 0 rings (SSSR count). The van der Waals surface area contributed by atoms with Crippen LogP contribution in [0.25, 0.3) is 0 Å². The maximum atomic E-state index is 10.9. The number of aliphatic hydroxyl groups is 1. The van der Waals surface area contributed by atoms with Crippen LogP contribution in [0.1, 0.15) is 13.8 Å². The van der Waals surface area contributed by atoms with Crippen molar-refractivity contribution in [2.75, 3.05) is 26.4 Å². The van der Waals surface area contributed by atoms with Gasteiger partial charge in [-0.3, -0.25) is 0 Å². The van der Waals surface area contributed by atoms with Crippen LogP contribution in [0.5, 0.6) is 0 Å². The van der Waals surface area contributed by atoms with E-state index >= 15 is 0 Å². The fourth-order valence-electron chi connectivity index (χ4n) is 0.732. The van der Waals surface area contributed by atoms with Crippen molar-refractivity contribution < 1.29 is 33.6 Å². The molecule has 1 unspecified atom stereocenters. The Morgan fingerprint density at radius 3 is 2.12 bits per heavy atom. The molecule has 7 heteroatoms. The highest BCUT2D eigenvalue weighted by molar-refractivity contribution is 5.61. The second-order valence-corrected chi connectivity index (χ2v) is 2.60. The van der Waals surface area contributed by atoms with Crippen molar-refractivity contribution >= 4 is 12.3 Å². The Balaban J connectivity index is 3.82. The van der Waals surface area contributed by atoms with Gasteiger partial charge in [0.25, 0.3) is 0 Å². The largest absolute Gasteiger partial charge is 0.508 e. The zero-order valence-corrected chi connectivity index (χ0v) is 9.30. The van der Waals surface area contributed by atoms with E-state index in [0.29, 0.717) is 0 Å². The predicted molar refractivity (Wildman–Crippen MR) is 52.0 cm³/mol. The summed E-state index contributed by atoms with van der Waals surface area (Å²) in [6, 6.07) is 0. The van der Waals surface area contributed by atoms with Crippen LogP contribution in [-0.2, 0) is 18.9 Å². The van der Waals surface area contributed by atoms with E-state index in [-0.39, 0.29) is 19.8 Å². The molecule has 0 aliphatic heterocycles. The van der Waals surface area contributed by atoms with Crippen molar-refractivity contribution in [3.05, 3.63) is 0 Å². The van der Waals surface area contributed by atoms with Crippen molar-refractivity contribution in [1.29, 1.82) is 0 Å². The van der Waals surface area contributed by atoms with Gasteiger partial charge in [-0.05, 0) is 13.8 Å². The first-order chi connectivity index (χ1) is 7.63. The van der Waals surface area contributed by atoms with Gasteiger partial charge in [0.05, 0.1) is 19.8 Å². The minimum absolute atomic E-state index is 0.162. The van der Waals surface area contributed by atoms with E-state index in [4.69, 9.17) is 5.11 Å². The zero-order valence-electron chi connectivity index (χ0n) is 9.30. The lowest BCUT2D eigenvalue weighted by Crippen LogP contribution is -2.29. The zero-order chi connectivity index (χ0) is 12.4. The van der Waals surface area contributed by atoms with Gasteiger partial charge in [-0.2, -0.15) is 0 Å². The molecule has 0 aromatic heterocycles. The summed E-state index contributed by atoms with van der Waals surface area (Å²) in [5.74, 6) is 0. The van der Waals surface area contributed by atoms with Gasteiger partial charge < -0.3 is 24.1 Å². The minimum Gasteiger partial charge on any atom is -0.435 e. The molecule has 0 aromatic carbocycles. The standard InChI is InChI=1S/C9H16O7/c1-3-13-8(11)15-6-7(5-10)16-9(12)14-4-2/h7,10H,3-6H2,1-2H3. The van der Waals surface area contributed by atoms with Gasteiger partial charge in [0.2, 0.25) is 0 Å². The lowest BCUT2D eigenvalue weighted by Gasteiger charge is -2.14. The number of rotatable bonds is 6. The molecule has 0 aromatic rings. The molecule has 16 heavy (non-hydrogen) atoms. The monoisotopic (exact) mass is 236 g/mol. The van der Waals surface area contributed by atoms with Gasteiger partial charge in [-0.25, -0.2) is 9.59 Å². The molecule has 1 atom stereocenters. The van der Waals surface area contributed by atoms with E-state index in [2.05, 4.69) is 18.9 Å². The van der Waals surface area contributed by atoms with Crippen LogP contribution in [-0.4, -0.2) is 49.9 Å². The summed E-state index contributed by atoms with van der Waals surface area (Å²) >= 11 is 0. The highest BCUT2D eigenvalue weighted by atomic mass is 16.8. The molecule has 0 fully saturated rings. The van der Waals surface area contributed by atoms with Crippen molar-refractivity contribution in [3.8, 4) is 0 Å². The van der Waals surface area contributed by atoms with Crippen LogP contribution in [0.4, 0.5) is 9.59 Å². The summed E-state index contributed by atoms with van der Waals surface area (Å²) in [7, 11) is 0. The normalized spacial score (nSPS) is 11.4. The highest BCUT2D eigenvalue weighted by Crippen LogP contribution is 1.97. The van der Waals surface area contributed by atoms with Crippen molar-refractivity contribution in [1.82, 2.24) is 0 Å². The first kappa shape index (κ1) is 14.5. The van der Waals surface area contributed by atoms with Crippen molar-refractivity contribution in [3.63, 3.8) is 0 Å². The minimum atomic E-state index is -0.955. The predicted octanol–water partition coefficient (Wildman–Crippen LogP) is 0.694. The van der Waals surface area contributed by atoms with Crippen molar-refractivity contribution in [2.24, 2.45) is 0 Å². The molecule has 0 heterocycles. The molecule has 0 aliphatic carbocycles. The number of carbonyl (C=O) groups excluding carboxylic acids is 2. The first-order valence-corrected chi connectivity index (χ1v) is 4.87. The third-order valence-corrected chi connectivity index (χ3v) is 1.38. The average Bonchev–Trinajstić information content (AvgIpc) is 2.25. The van der Waals surface area contributed by atoms with Crippen LogP contribution in [0.2, 0.25) is 0 Å². The average molecular weight is 236 g/mol. The lowest BCUT2D eigenvalue weighted by atomic mass is 10.4. The van der Waals surface area contributed by atoms with E-state index < -0.39 is 25.0 Å². The van der Waals surface area contributed by atoms with Gasteiger partial charge in [0.15, 0.2) is 6.10 Å².